The van der Waals surface area contributed by atoms with Crippen LogP contribution in [0.3, 0.4) is 0 Å². The summed E-state index contributed by atoms with van der Waals surface area (Å²) < 4.78 is 13.1. The van der Waals surface area contributed by atoms with Crippen LogP contribution in [0.25, 0.3) is 0 Å². The Balaban J connectivity index is 1.64. The predicted octanol–water partition coefficient (Wildman–Crippen LogP) is 4.55. The second kappa shape index (κ2) is 8.45. The number of carbonyl (C=O) groups is 1. The molecule has 1 aliphatic heterocycles. The molecule has 0 aromatic heterocycles. The van der Waals surface area contributed by atoms with Gasteiger partial charge in [0.2, 0.25) is 5.91 Å². The molecule has 2 aromatic rings. The van der Waals surface area contributed by atoms with Crippen molar-refractivity contribution in [1.82, 2.24) is 4.90 Å². The number of rotatable bonds is 5. The number of nitrogens with zero attached hydrogens (tertiary/aromatic N) is 1. The van der Waals surface area contributed by atoms with Crippen LogP contribution in [0.1, 0.15) is 36.5 Å². The lowest BCUT2D eigenvalue weighted by atomic mass is 9.96. The molecular weight excluding hydrogens is 327 g/mol. The number of anilines is 1. The van der Waals surface area contributed by atoms with E-state index in [-0.39, 0.29) is 17.6 Å². The van der Waals surface area contributed by atoms with E-state index in [1.165, 1.54) is 17.7 Å². The largest absolute Gasteiger partial charge is 0.325 e. The zero-order valence-corrected chi connectivity index (χ0v) is 15.6. The van der Waals surface area contributed by atoms with Gasteiger partial charge in [-0.3, -0.25) is 9.69 Å². The van der Waals surface area contributed by atoms with E-state index < -0.39 is 0 Å². The molecule has 1 amide bonds. The van der Waals surface area contributed by atoms with Crippen molar-refractivity contribution in [1.29, 1.82) is 0 Å². The summed E-state index contributed by atoms with van der Waals surface area (Å²) >= 11 is 0. The molecule has 138 valence electrons. The fraction of sp³-hybridized carbons (Fsp3) is 0.409. The number of halogens is 1. The number of amides is 1. The van der Waals surface area contributed by atoms with Gasteiger partial charge in [0.1, 0.15) is 5.82 Å². The summed E-state index contributed by atoms with van der Waals surface area (Å²) in [6.07, 6.45) is 2.82. The van der Waals surface area contributed by atoms with E-state index in [1.807, 2.05) is 31.2 Å². The van der Waals surface area contributed by atoms with E-state index in [1.54, 1.807) is 0 Å². The molecule has 1 saturated heterocycles. The number of benzene rings is 2. The highest BCUT2D eigenvalue weighted by molar-refractivity contribution is 5.94. The van der Waals surface area contributed by atoms with Crippen LogP contribution >= 0.6 is 0 Å². The van der Waals surface area contributed by atoms with Crippen LogP contribution in [0.15, 0.2) is 42.5 Å². The first-order chi connectivity index (χ1) is 12.6. The zero-order chi connectivity index (χ0) is 18.5. The Labute approximate surface area is 155 Å². The molecule has 0 unspecified atom stereocenters. The van der Waals surface area contributed by atoms with Gasteiger partial charge < -0.3 is 5.32 Å². The lowest BCUT2D eigenvalue weighted by Crippen LogP contribution is -2.40. The first-order valence-electron chi connectivity index (χ1n) is 9.43. The Kier molecular flexibility index (Phi) is 6.04. The fourth-order valence-electron chi connectivity index (χ4n) is 3.69. The van der Waals surface area contributed by atoms with Crippen molar-refractivity contribution >= 4 is 11.6 Å². The van der Waals surface area contributed by atoms with Gasteiger partial charge in [0, 0.05) is 18.8 Å². The van der Waals surface area contributed by atoms with E-state index in [2.05, 4.69) is 23.2 Å². The number of likely N-dealkylation sites (tertiary alicyclic amines) is 1. The highest BCUT2D eigenvalue weighted by Crippen LogP contribution is 2.24. The normalized spacial score (nSPS) is 17.9. The average Bonchev–Trinajstić information content (AvgIpc) is 2.65. The van der Waals surface area contributed by atoms with Crippen molar-refractivity contribution in [3.05, 3.63) is 65.0 Å². The number of nitrogens with one attached hydrogen (secondary N) is 1. The maximum absolute atomic E-state index is 13.1. The van der Waals surface area contributed by atoms with Crippen molar-refractivity contribution in [3.8, 4) is 0 Å². The van der Waals surface area contributed by atoms with Crippen molar-refractivity contribution in [2.75, 3.05) is 18.4 Å². The third-order valence-corrected chi connectivity index (χ3v) is 5.18. The number of carbonyl (C=O) groups excluding carboxylic acids is 1. The molecule has 3 nitrogen and oxygen atoms in total. The van der Waals surface area contributed by atoms with E-state index in [0.29, 0.717) is 0 Å². The predicted molar refractivity (Wildman–Crippen MR) is 104 cm³/mol. The number of aryl methyl sites for hydroxylation is 2. The molecule has 2 aromatic carbocycles. The van der Waals surface area contributed by atoms with Gasteiger partial charge in [-0.1, -0.05) is 37.3 Å². The average molecular weight is 354 g/mol. The number of piperidine rings is 1. The summed E-state index contributed by atoms with van der Waals surface area (Å²) in [5.74, 6) is -0.110. The van der Waals surface area contributed by atoms with Gasteiger partial charge in [0.05, 0.1) is 5.92 Å². The number of para-hydroxylation sites is 1. The third-order valence-electron chi connectivity index (χ3n) is 5.18. The van der Waals surface area contributed by atoms with Crippen LogP contribution in [-0.4, -0.2) is 23.9 Å². The summed E-state index contributed by atoms with van der Waals surface area (Å²) in [6, 6.07) is 12.8. The van der Waals surface area contributed by atoms with Gasteiger partial charge in [-0.05, 0) is 61.6 Å². The molecule has 1 fully saturated rings. The Hall–Kier alpha value is -2.20. The summed E-state index contributed by atoms with van der Waals surface area (Å²) in [5.41, 5.74) is 4.34. The van der Waals surface area contributed by atoms with Gasteiger partial charge in [-0.15, -0.1) is 0 Å². The van der Waals surface area contributed by atoms with Crippen LogP contribution in [0.2, 0.25) is 0 Å². The van der Waals surface area contributed by atoms with E-state index >= 15 is 0 Å². The lowest BCUT2D eigenvalue weighted by molar-refractivity contribution is -0.121. The quantitative estimate of drug-likeness (QED) is 0.854. The van der Waals surface area contributed by atoms with Gasteiger partial charge in [-0.25, -0.2) is 4.39 Å². The summed E-state index contributed by atoms with van der Waals surface area (Å²) in [5, 5.41) is 3.18. The van der Waals surface area contributed by atoms with Gasteiger partial charge >= 0.3 is 0 Å². The first-order valence-corrected chi connectivity index (χ1v) is 9.43. The van der Waals surface area contributed by atoms with Crippen LogP contribution < -0.4 is 5.32 Å². The maximum atomic E-state index is 13.1. The van der Waals surface area contributed by atoms with Crippen LogP contribution in [0, 0.1) is 18.7 Å². The van der Waals surface area contributed by atoms with Crippen LogP contribution in [0.4, 0.5) is 10.1 Å². The molecule has 0 aliphatic carbocycles. The molecular formula is C22H27FN2O. The molecule has 0 radical (unpaired) electrons. The first kappa shape index (κ1) is 18.6. The molecule has 26 heavy (non-hydrogen) atoms. The Morgan fingerprint density at radius 2 is 2.00 bits per heavy atom. The molecule has 1 atom stereocenters. The third kappa shape index (κ3) is 4.50. The highest BCUT2D eigenvalue weighted by atomic mass is 19.1. The SMILES string of the molecule is CCc1cccc(C)c1NC(=O)[C@H]1CCCN(Cc2ccc(F)cc2)C1. The standard InChI is InChI=1S/C22H27FN2O/c1-3-18-7-4-6-16(2)21(18)24-22(26)19-8-5-13-25(15-19)14-17-9-11-20(23)12-10-17/h4,6-7,9-12,19H,3,5,8,13-15H2,1-2H3,(H,24,26)/t19-/m0/s1. The molecule has 1 heterocycles. The number of hydrogen-bond donors (Lipinski definition) is 1. The Morgan fingerprint density at radius 3 is 2.73 bits per heavy atom. The van der Waals surface area contributed by atoms with Crippen molar-refractivity contribution < 1.29 is 9.18 Å². The minimum Gasteiger partial charge on any atom is -0.325 e. The van der Waals surface area contributed by atoms with Gasteiger partial charge in [0.15, 0.2) is 0 Å². The van der Waals surface area contributed by atoms with Crippen molar-refractivity contribution in [2.45, 2.75) is 39.7 Å². The number of hydrogen-bond acceptors (Lipinski definition) is 2. The second-order valence-electron chi connectivity index (χ2n) is 7.15. The van der Waals surface area contributed by atoms with Crippen LogP contribution in [-0.2, 0) is 17.8 Å². The topological polar surface area (TPSA) is 32.3 Å². The molecule has 4 heteroatoms. The molecule has 1 N–H and O–H groups in total. The molecule has 0 saturated carbocycles. The van der Waals surface area contributed by atoms with Crippen molar-refractivity contribution in [3.63, 3.8) is 0 Å². The highest BCUT2D eigenvalue weighted by Gasteiger charge is 2.26. The molecule has 0 spiro atoms. The van der Waals surface area contributed by atoms with Crippen LogP contribution in [0.5, 0.6) is 0 Å². The van der Waals surface area contributed by atoms with Gasteiger partial charge in [0.25, 0.3) is 0 Å². The monoisotopic (exact) mass is 354 g/mol. The molecule has 0 bridgehead atoms. The smallest absolute Gasteiger partial charge is 0.228 e. The zero-order valence-electron chi connectivity index (χ0n) is 15.6. The van der Waals surface area contributed by atoms with E-state index in [9.17, 15) is 9.18 Å². The maximum Gasteiger partial charge on any atom is 0.228 e. The van der Waals surface area contributed by atoms with E-state index in [0.717, 1.165) is 55.7 Å². The summed E-state index contributed by atoms with van der Waals surface area (Å²) in [4.78, 5) is 15.1. The summed E-state index contributed by atoms with van der Waals surface area (Å²) in [7, 11) is 0. The van der Waals surface area contributed by atoms with E-state index in [4.69, 9.17) is 0 Å². The van der Waals surface area contributed by atoms with Gasteiger partial charge in [-0.2, -0.15) is 0 Å². The lowest BCUT2D eigenvalue weighted by Gasteiger charge is -2.32. The summed E-state index contributed by atoms with van der Waals surface area (Å²) in [6.45, 7) is 6.63. The Bertz CT molecular complexity index is 757. The second-order valence-corrected chi connectivity index (χ2v) is 7.15. The fourth-order valence-corrected chi connectivity index (χ4v) is 3.69. The molecule has 3 rings (SSSR count). The Morgan fingerprint density at radius 1 is 1.23 bits per heavy atom. The van der Waals surface area contributed by atoms with Crippen molar-refractivity contribution in [2.24, 2.45) is 5.92 Å². The molecule has 1 aliphatic rings. The minimum atomic E-state index is -0.213. The minimum absolute atomic E-state index is 0.00601.